The second-order valence-electron chi connectivity index (χ2n) is 6.76. The highest BCUT2D eigenvalue weighted by Crippen LogP contribution is 2.27. The minimum absolute atomic E-state index is 0.0254. The second kappa shape index (κ2) is 11.4. The van der Waals surface area contributed by atoms with Crippen molar-refractivity contribution in [2.45, 2.75) is 12.5 Å². The van der Waals surface area contributed by atoms with E-state index in [0.717, 1.165) is 12.1 Å². The highest BCUT2D eigenvalue weighted by molar-refractivity contribution is 7.96. The topological polar surface area (TPSA) is 111 Å². The minimum atomic E-state index is -1.15. The summed E-state index contributed by atoms with van der Waals surface area (Å²) in [5.74, 6) is -4.38. The van der Waals surface area contributed by atoms with E-state index < -0.39 is 46.7 Å². The number of carbonyl (C=O) groups is 4. The van der Waals surface area contributed by atoms with Crippen LogP contribution in [0, 0.1) is 17.7 Å². The van der Waals surface area contributed by atoms with Gasteiger partial charge in [0, 0.05) is 6.54 Å². The Labute approximate surface area is 184 Å². The molecule has 1 saturated heterocycles. The Morgan fingerprint density at radius 2 is 1.90 bits per heavy atom. The summed E-state index contributed by atoms with van der Waals surface area (Å²) in [6.07, 6.45) is 2.89. The molecule has 1 aromatic carbocycles. The van der Waals surface area contributed by atoms with Crippen molar-refractivity contribution in [3.05, 3.63) is 54.9 Å². The number of ether oxygens (including phenoxy) is 2. The molecule has 1 amide bonds. The standard InChI is InChI=1S/C21H23FN2O6S/c1-3-7-29-19(26)14-6-5-13(22)10-15(14)24-18(25)16-9-12(11-23-16)17(21(28)31)20(27)30-8-4-2/h3-6,10,12,16-17,23H,1-2,7-9,11H2,(H,24,25)(H,28,31)/t12-,16+,17?/m1/s1. The van der Waals surface area contributed by atoms with E-state index in [1.165, 1.54) is 18.2 Å². The molecule has 0 spiro atoms. The molecule has 2 N–H and O–H groups in total. The molecule has 0 aromatic heterocycles. The molecule has 2 rings (SSSR count). The molecule has 3 atom stereocenters. The minimum Gasteiger partial charge on any atom is -0.461 e. The van der Waals surface area contributed by atoms with Crippen LogP contribution in [0.4, 0.5) is 10.1 Å². The van der Waals surface area contributed by atoms with Gasteiger partial charge in [0.2, 0.25) is 5.91 Å². The maximum Gasteiger partial charge on any atom is 0.340 e. The smallest absolute Gasteiger partial charge is 0.340 e. The number of thiol groups is 1. The molecule has 8 nitrogen and oxygen atoms in total. The third-order valence-electron chi connectivity index (χ3n) is 4.61. The average Bonchev–Trinajstić information content (AvgIpc) is 3.20. The Bertz CT molecular complexity index is 891. The fourth-order valence-corrected chi connectivity index (χ4v) is 3.49. The van der Waals surface area contributed by atoms with Gasteiger partial charge in [-0.1, -0.05) is 25.3 Å². The van der Waals surface area contributed by atoms with E-state index >= 15 is 0 Å². The zero-order valence-electron chi connectivity index (χ0n) is 16.6. The number of anilines is 1. The second-order valence-corrected chi connectivity index (χ2v) is 7.20. The Balaban J connectivity index is 2.10. The molecule has 166 valence electrons. The van der Waals surface area contributed by atoms with E-state index in [-0.39, 0.29) is 37.4 Å². The molecule has 0 bridgehead atoms. The first kappa shape index (κ1) is 24.3. The number of hydrogen-bond acceptors (Lipinski definition) is 7. The summed E-state index contributed by atoms with van der Waals surface area (Å²) < 4.78 is 23.6. The molecule has 1 aromatic rings. The largest absolute Gasteiger partial charge is 0.461 e. The number of nitrogens with one attached hydrogen (secondary N) is 2. The first-order chi connectivity index (χ1) is 14.8. The maximum absolute atomic E-state index is 13.7. The predicted molar refractivity (Wildman–Crippen MR) is 114 cm³/mol. The fourth-order valence-electron chi connectivity index (χ4n) is 3.17. The van der Waals surface area contributed by atoms with Gasteiger partial charge in [0.1, 0.15) is 24.9 Å². The highest BCUT2D eigenvalue weighted by atomic mass is 32.1. The molecule has 10 heteroatoms. The van der Waals surface area contributed by atoms with E-state index in [2.05, 4.69) is 36.4 Å². The van der Waals surface area contributed by atoms with Crippen LogP contribution >= 0.6 is 12.6 Å². The van der Waals surface area contributed by atoms with E-state index in [1.807, 2.05) is 0 Å². The lowest BCUT2D eigenvalue weighted by molar-refractivity contribution is -0.151. The summed E-state index contributed by atoms with van der Waals surface area (Å²) >= 11 is 3.77. The quantitative estimate of drug-likeness (QED) is 0.216. The lowest BCUT2D eigenvalue weighted by Crippen LogP contribution is -2.36. The van der Waals surface area contributed by atoms with Gasteiger partial charge in [-0.2, -0.15) is 0 Å². The predicted octanol–water partition coefficient (Wildman–Crippen LogP) is 1.89. The molecule has 1 aliphatic rings. The van der Waals surface area contributed by atoms with Crippen LogP contribution in [0.15, 0.2) is 43.5 Å². The summed E-state index contributed by atoms with van der Waals surface area (Å²) in [6, 6.07) is 2.49. The SMILES string of the molecule is C=CCOC(=O)c1ccc(F)cc1NC(=O)[C@@H]1C[C@@H](C(C(=O)S)C(=O)OCC=C)CN1. The van der Waals surface area contributed by atoms with Crippen LogP contribution in [0.2, 0.25) is 0 Å². The Kier molecular flexibility index (Phi) is 8.95. The van der Waals surface area contributed by atoms with Crippen molar-refractivity contribution in [2.75, 3.05) is 25.1 Å². The first-order valence-corrected chi connectivity index (χ1v) is 9.85. The molecule has 31 heavy (non-hydrogen) atoms. The van der Waals surface area contributed by atoms with E-state index in [1.54, 1.807) is 0 Å². The number of carbonyl (C=O) groups excluding carboxylic acids is 4. The molecule has 1 unspecified atom stereocenters. The van der Waals surface area contributed by atoms with Crippen molar-refractivity contribution in [3.8, 4) is 0 Å². The fraction of sp³-hybridized carbons (Fsp3) is 0.333. The van der Waals surface area contributed by atoms with Crippen LogP contribution in [0.25, 0.3) is 0 Å². The van der Waals surface area contributed by atoms with Gasteiger partial charge in [0.25, 0.3) is 0 Å². The molecular formula is C21H23FN2O6S. The molecule has 1 aliphatic heterocycles. The van der Waals surface area contributed by atoms with Crippen molar-refractivity contribution in [1.82, 2.24) is 5.32 Å². The summed E-state index contributed by atoms with van der Waals surface area (Å²) in [5.41, 5.74) is -0.0842. The highest BCUT2D eigenvalue weighted by Gasteiger charge is 2.41. The average molecular weight is 450 g/mol. The monoisotopic (exact) mass is 450 g/mol. The summed E-state index contributed by atoms with van der Waals surface area (Å²) in [5, 5.41) is 4.76. The van der Waals surface area contributed by atoms with E-state index in [9.17, 15) is 23.6 Å². The van der Waals surface area contributed by atoms with Gasteiger partial charge in [-0.15, -0.1) is 12.6 Å². The molecular weight excluding hydrogens is 427 g/mol. The van der Waals surface area contributed by atoms with Crippen molar-refractivity contribution in [3.63, 3.8) is 0 Å². The zero-order valence-corrected chi connectivity index (χ0v) is 17.5. The molecule has 0 radical (unpaired) electrons. The number of benzene rings is 1. The Morgan fingerprint density at radius 3 is 2.55 bits per heavy atom. The van der Waals surface area contributed by atoms with Crippen LogP contribution in [0.1, 0.15) is 16.8 Å². The number of rotatable bonds is 10. The molecule has 0 saturated carbocycles. The van der Waals surface area contributed by atoms with Gasteiger partial charge in [0.15, 0.2) is 5.12 Å². The van der Waals surface area contributed by atoms with Crippen LogP contribution in [-0.4, -0.2) is 48.8 Å². The number of esters is 2. The zero-order chi connectivity index (χ0) is 23.0. The number of halogens is 1. The maximum atomic E-state index is 13.7. The Hall–Kier alpha value is -2.98. The van der Waals surface area contributed by atoms with Gasteiger partial charge >= 0.3 is 11.9 Å². The van der Waals surface area contributed by atoms with Crippen LogP contribution in [-0.2, 0) is 23.9 Å². The lowest BCUT2D eigenvalue weighted by Gasteiger charge is -2.18. The van der Waals surface area contributed by atoms with E-state index in [0.29, 0.717) is 0 Å². The van der Waals surface area contributed by atoms with Crippen LogP contribution in [0.3, 0.4) is 0 Å². The van der Waals surface area contributed by atoms with Crippen molar-refractivity contribution < 1.29 is 33.0 Å². The van der Waals surface area contributed by atoms with Gasteiger partial charge in [-0.3, -0.25) is 14.4 Å². The number of hydrogen-bond donors (Lipinski definition) is 3. The van der Waals surface area contributed by atoms with Crippen LogP contribution in [0.5, 0.6) is 0 Å². The molecule has 0 aliphatic carbocycles. The van der Waals surface area contributed by atoms with Crippen molar-refractivity contribution in [1.29, 1.82) is 0 Å². The van der Waals surface area contributed by atoms with Gasteiger partial charge in [-0.25, -0.2) is 9.18 Å². The lowest BCUT2D eigenvalue weighted by atomic mass is 9.90. The number of amides is 1. The third-order valence-corrected chi connectivity index (χ3v) is 4.89. The normalized spacial score (nSPS) is 18.5. The summed E-state index contributed by atoms with van der Waals surface area (Å²) in [7, 11) is 0. The van der Waals surface area contributed by atoms with E-state index in [4.69, 9.17) is 9.47 Å². The van der Waals surface area contributed by atoms with Crippen molar-refractivity contribution >= 4 is 41.3 Å². The first-order valence-electron chi connectivity index (χ1n) is 9.40. The Morgan fingerprint density at radius 1 is 1.23 bits per heavy atom. The molecule has 1 fully saturated rings. The van der Waals surface area contributed by atoms with Gasteiger partial charge in [0.05, 0.1) is 17.3 Å². The van der Waals surface area contributed by atoms with Crippen LogP contribution < -0.4 is 10.6 Å². The summed E-state index contributed by atoms with van der Waals surface area (Å²) in [6.45, 7) is 6.98. The van der Waals surface area contributed by atoms with Gasteiger partial charge < -0.3 is 20.1 Å². The summed E-state index contributed by atoms with van der Waals surface area (Å²) in [4.78, 5) is 48.9. The van der Waals surface area contributed by atoms with Gasteiger partial charge in [-0.05, 0) is 30.5 Å². The third kappa shape index (κ3) is 6.50. The molecule has 1 heterocycles. The van der Waals surface area contributed by atoms with Crippen molar-refractivity contribution in [2.24, 2.45) is 11.8 Å².